The number of methoxy groups -OCH3 is 1. The molecular weight excluding hydrogens is 436 g/mol. The lowest BCUT2D eigenvalue weighted by molar-refractivity contribution is -0.137. The van der Waals surface area contributed by atoms with Crippen LogP contribution < -0.4 is 19.5 Å². The maximum absolute atomic E-state index is 13.4. The van der Waals surface area contributed by atoms with E-state index in [0.29, 0.717) is 37.6 Å². The van der Waals surface area contributed by atoms with E-state index in [1.54, 1.807) is 12.0 Å². The minimum atomic E-state index is -0.726. The monoisotopic (exact) mass is 462 g/mol. The molecule has 4 aliphatic heterocycles. The van der Waals surface area contributed by atoms with E-state index in [1.165, 1.54) is 0 Å². The normalized spacial score (nSPS) is 27.9. The third kappa shape index (κ3) is 3.40. The predicted molar refractivity (Wildman–Crippen MR) is 121 cm³/mol. The maximum Gasteiger partial charge on any atom is 0.231 e. The summed E-state index contributed by atoms with van der Waals surface area (Å²) in [6.07, 6.45) is 4.24. The molecule has 4 atom stereocenters. The Morgan fingerprint density at radius 2 is 1.94 bits per heavy atom. The van der Waals surface area contributed by atoms with E-state index < -0.39 is 17.4 Å². The van der Waals surface area contributed by atoms with Crippen molar-refractivity contribution in [3.8, 4) is 17.2 Å². The van der Waals surface area contributed by atoms with Crippen molar-refractivity contribution in [2.24, 2.45) is 11.8 Å². The van der Waals surface area contributed by atoms with Gasteiger partial charge in [0.2, 0.25) is 18.6 Å². The zero-order valence-electron chi connectivity index (χ0n) is 18.9. The lowest BCUT2D eigenvalue weighted by Gasteiger charge is -2.23. The minimum absolute atomic E-state index is 0.0418. The smallest absolute Gasteiger partial charge is 0.231 e. The quantitative estimate of drug-likeness (QED) is 0.634. The van der Waals surface area contributed by atoms with Crippen LogP contribution in [-0.2, 0) is 27.3 Å². The number of carbonyl (C=O) groups is 2. The van der Waals surface area contributed by atoms with E-state index >= 15 is 0 Å². The molecule has 6 rings (SSSR count). The Hall–Kier alpha value is -3.52. The number of amides is 2. The van der Waals surface area contributed by atoms with Crippen LogP contribution in [0.15, 0.2) is 54.6 Å². The molecule has 2 amide bonds. The standard InChI is InChI=1S/C26H26N2O6/c1-31-18-5-2-16(3-6-18)9-11-27-24(29)22-20-8-10-26(34-20)14-28(25(30)23(22)26)13-17-4-7-19-21(12-17)33-15-32-19/h2-8,10,12,20,22-23H,9,11,13-15H2,1H3,(H,27,29)/t20-,22+,23-,26-/m1/s1. The van der Waals surface area contributed by atoms with Crippen LogP contribution in [0.4, 0.5) is 0 Å². The summed E-state index contributed by atoms with van der Waals surface area (Å²) in [5.74, 6) is 1.01. The largest absolute Gasteiger partial charge is 0.497 e. The van der Waals surface area contributed by atoms with Crippen LogP contribution >= 0.6 is 0 Å². The summed E-state index contributed by atoms with van der Waals surface area (Å²) in [7, 11) is 1.63. The molecule has 8 heteroatoms. The summed E-state index contributed by atoms with van der Waals surface area (Å²) in [6, 6.07) is 13.5. The minimum Gasteiger partial charge on any atom is -0.497 e. The molecule has 2 fully saturated rings. The number of hydrogen-bond donors (Lipinski definition) is 1. The number of carbonyl (C=O) groups excluding carboxylic acids is 2. The fourth-order valence-corrected chi connectivity index (χ4v) is 5.51. The van der Waals surface area contributed by atoms with Gasteiger partial charge in [-0.1, -0.05) is 30.4 Å². The molecule has 0 aliphatic carbocycles. The summed E-state index contributed by atoms with van der Waals surface area (Å²) in [5, 5.41) is 3.02. The summed E-state index contributed by atoms with van der Waals surface area (Å²) < 4.78 is 22.2. The number of fused-ring (bicyclic) bond motifs is 2. The number of hydrogen-bond acceptors (Lipinski definition) is 6. The van der Waals surface area contributed by atoms with Crippen LogP contribution in [0.25, 0.3) is 0 Å². The number of nitrogens with one attached hydrogen (secondary N) is 1. The first kappa shape index (κ1) is 21.0. The SMILES string of the molecule is COc1ccc(CCNC(=O)[C@H]2[C@H]3C=C[C@]4(CN(Cc5ccc6c(c5)OCO6)C(=O)[C@@H]24)O3)cc1. The van der Waals surface area contributed by atoms with Gasteiger partial charge in [-0.05, 0) is 41.8 Å². The highest BCUT2D eigenvalue weighted by atomic mass is 16.7. The van der Waals surface area contributed by atoms with Crippen molar-refractivity contribution < 1.29 is 28.5 Å². The van der Waals surface area contributed by atoms with E-state index in [-0.39, 0.29) is 24.7 Å². The number of benzene rings is 2. The first-order valence-corrected chi connectivity index (χ1v) is 11.5. The average molecular weight is 463 g/mol. The summed E-state index contributed by atoms with van der Waals surface area (Å²) in [4.78, 5) is 28.4. The molecule has 2 aromatic rings. The van der Waals surface area contributed by atoms with E-state index in [2.05, 4.69) is 5.32 Å². The maximum atomic E-state index is 13.4. The second-order valence-electron chi connectivity index (χ2n) is 9.17. The third-order valence-corrected chi connectivity index (χ3v) is 7.16. The van der Waals surface area contributed by atoms with Crippen molar-refractivity contribution in [3.63, 3.8) is 0 Å². The molecular formula is C26H26N2O6. The zero-order valence-corrected chi connectivity index (χ0v) is 18.9. The van der Waals surface area contributed by atoms with Crippen molar-refractivity contribution in [1.82, 2.24) is 10.2 Å². The van der Waals surface area contributed by atoms with E-state index in [4.69, 9.17) is 18.9 Å². The third-order valence-electron chi connectivity index (χ3n) is 7.16. The second-order valence-corrected chi connectivity index (χ2v) is 9.17. The van der Waals surface area contributed by atoms with E-state index in [9.17, 15) is 9.59 Å². The number of nitrogens with zero attached hydrogens (tertiary/aromatic N) is 1. The highest BCUT2D eigenvalue weighted by molar-refractivity contribution is 5.93. The molecule has 0 radical (unpaired) electrons. The van der Waals surface area contributed by atoms with Crippen molar-refractivity contribution in [2.45, 2.75) is 24.7 Å². The van der Waals surface area contributed by atoms with Gasteiger partial charge in [-0.2, -0.15) is 0 Å². The number of likely N-dealkylation sites (tertiary alicyclic amines) is 1. The molecule has 2 saturated heterocycles. The highest BCUT2D eigenvalue weighted by Gasteiger charge is 2.66. The topological polar surface area (TPSA) is 86.3 Å². The molecule has 1 N–H and O–H groups in total. The van der Waals surface area contributed by atoms with Gasteiger partial charge in [-0.25, -0.2) is 0 Å². The van der Waals surface area contributed by atoms with Crippen LogP contribution in [0.3, 0.4) is 0 Å². The van der Waals surface area contributed by atoms with Crippen molar-refractivity contribution in [3.05, 3.63) is 65.7 Å². The molecule has 34 heavy (non-hydrogen) atoms. The highest BCUT2D eigenvalue weighted by Crippen LogP contribution is 2.52. The molecule has 4 heterocycles. The number of ether oxygens (including phenoxy) is 4. The van der Waals surface area contributed by atoms with Gasteiger partial charge in [-0.15, -0.1) is 0 Å². The molecule has 176 valence electrons. The summed E-state index contributed by atoms with van der Waals surface area (Å²) >= 11 is 0. The average Bonchev–Trinajstić information content (AvgIpc) is 3.61. The molecule has 0 unspecified atom stereocenters. The Morgan fingerprint density at radius 1 is 1.15 bits per heavy atom. The Kier molecular flexibility index (Phi) is 4.99. The van der Waals surface area contributed by atoms with Gasteiger partial charge in [0, 0.05) is 13.1 Å². The van der Waals surface area contributed by atoms with Gasteiger partial charge in [0.15, 0.2) is 11.5 Å². The fourth-order valence-electron chi connectivity index (χ4n) is 5.51. The summed E-state index contributed by atoms with van der Waals surface area (Å²) in [6.45, 7) is 1.57. The van der Waals surface area contributed by atoms with Crippen molar-refractivity contribution in [2.75, 3.05) is 27.0 Å². The Bertz CT molecular complexity index is 1160. The van der Waals surface area contributed by atoms with Crippen LogP contribution in [0, 0.1) is 11.8 Å². The van der Waals surface area contributed by atoms with Gasteiger partial charge in [-0.3, -0.25) is 9.59 Å². The van der Waals surface area contributed by atoms with Crippen LogP contribution in [0.2, 0.25) is 0 Å². The van der Waals surface area contributed by atoms with Crippen LogP contribution in [-0.4, -0.2) is 55.4 Å². The molecule has 8 nitrogen and oxygen atoms in total. The Labute approximate surface area is 197 Å². The molecule has 2 aromatic carbocycles. The Balaban J connectivity index is 1.12. The van der Waals surface area contributed by atoms with Gasteiger partial charge < -0.3 is 29.2 Å². The van der Waals surface area contributed by atoms with Crippen LogP contribution in [0.5, 0.6) is 17.2 Å². The molecule has 4 aliphatic rings. The Morgan fingerprint density at radius 3 is 2.76 bits per heavy atom. The zero-order chi connectivity index (χ0) is 23.3. The summed E-state index contributed by atoms with van der Waals surface area (Å²) in [5.41, 5.74) is 1.33. The predicted octanol–water partition coefficient (Wildman–Crippen LogP) is 2.06. The molecule has 1 spiro atoms. The molecule has 2 bridgehead atoms. The van der Waals surface area contributed by atoms with Gasteiger partial charge >= 0.3 is 0 Å². The van der Waals surface area contributed by atoms with Gasteiger partial charge in [0.25, 0.3) is 0 Å². The fraction of sp³-hybridized carbons (Fsp3) is 0.385. The van der Waals surface area contributed by atoms with E-state index in [1.807, 2.05) is 54.6 Å². The lowest BCUT2D eigenvalue weighted by Crippen LogP contribution is -2.44. The molecule has 0 saturated carbocycles. The van der Waals surface area contributed by atoms with E-state index in [0.717, 1.165) is 16.9 Å². The van der Waals surface area contributed by atoms with Crippen molar-refractivity contribution >= 4 is 11.8 Å². The first-order valence-electron chi connectivity index (χ1n) is 11.5. The van der Waals surface area contributed by atoms with Gasteiger partial charge in [0.1, 0.15) is 11.4 Å². The molecule has 0 aromatic heterocycles. The number of rotatable bonds is 7. The second kappa shape index (κ2) is 8.06. The van der Waals surface area contributed by atoms with Crippen LogP contribution in [0.1, 0.15) is 11.1 Å². The first-order chi connectivity index (χ1) is 16.6. The lowest BCUT2D eigenvalue weighted by atomic mass is 9.77. The van der Waals surface area contributed by atoms with Crippen molar-refractivity contribution in [1.29, 1.82) is 0 Å². The van der Waals surface area contributed by atoms with Gasteiger partial charge in [0.05, 0.1) is 31.6 Å².